The van der Waals surface area contributed by atoms with Crippen LogP contribution in [0.1, 0.15) is 53.3 Å². The van der Waals surface area contributed by atoms with Gasteiger partial charge in [0, 0.05) is 12.0 Å². The van der Waals surface area contributed by atoms with E-state index in [0.29, 0.717) is 18.9 Å². The summed E-state index contributed by atoms with van der Waals surface area (Å²) >= 11 is 0. The van der Waals surface area contributed by atoms with Gasteiger partial charge < -0.3 is 10.1 Å². The van der Waals surface area contributed by atoms with Crippen molar-refractivity contribution < 1.29 is 9.66 Å². The van der Waals surface area contributed by atoms with Crippen molar-refractivity contribution >= 4 is 11.5 Å². The molecule has 0 aliphatic rings. The van der Waals surface area contributed by atoms with Crippen LogP contribution in [0.25, 0.3) is 0 Å². The van der Waals surface area contributed by atoms with Gasteiger partial charge in [0.15, 0.2) is 0 Å². The Balaban J connectivity index is 3.25. The molecule has 0 radical (unpaired) electrons. The maximum Gasteiger partial charge on any atom is 0.372 e. The lowest BCUT2D eigenvalue weighted by Gasteiger charge is -2.21. The summed E-state index contributed by atoms with van der Waals surface area (Å²) in [5, 5.41) is 14.4. The van der Waals surface area contributed by atoms with E-state index in [-0.39, 0.29) is 22.9 Å². The van der Waals surface area contributed by atoms with Crippen LogP contribution in [-0.2, 0) is 6.42 Å². The van der Waals surface area contributed by atoms with Gasteiger partial charge in [0.2, 0.25) is 5.82 Å². The van der Waals surface area contributed by atoms with Crippen LogP contribution in [-0.4, -0.2) is 27.0 Å². The third kappa shape index (κ3) is 5.17. The molecule has 21 heavy (non-hydrogen) atoms. The van der Waals surface area contributed by atoms with Crippen LogP contribution < -0.4 is 10.1 Å². The van der Waals surface area contributed by atoms with Crippen LogP contribution in [0.4, 0.5) is 11.5 Å². The van der Waals surface area contributed by atoms with Crippen molar-refractivity contribution in [3.63, 3.8) is 0 Å². The summed E-state index contributed by atoms with van der Waals surface area (Å²) in [4.78, 5) is 19.3. The number of hydrogen-bond acceptors (Lipinski definition) is 6. The van der Waals surface area contributed by atoms with Gasteiger partial charge in [0.1, 0.15) is 5.82 Å². The number of hydrogen-bond donors (Lipinski definition) is 1. The Morgan fingerprint density at radius 3 is 2.43 bits per heavy atom. The molecule has 0 aromatic carbocycles. The van der Waals surface area contributed by atoms with Crippen LogP contribution in [0.2, 0.25) is 0 Å². The molecule has 118 valence electrons. The van der Waals surface area contributed by atoms with Crippen LogP contribution >= 0.6 is 0 Å². The standard InChI is InChI=1S/C14H24N4O3/c1-6-8-9-21-13-11(18(19)20)12(17-14(3,4)5)15-10(7-2)16-13/h6-9H2,1-5H3,(H,15,16,17). The molecule has 1 rings (SSSR count). The van der Waals surface area contributed by atoms with Crippen molar-refractivity contribution in [3.05, 3.63) is 15.9 Å². The number of aromatic nitrogens is 2. The number of anilines is 1. The van der Waals surface area contributed by atoms with Gasteiger partial charge in [0.25, 0.3) is 5.88 Å². The van der Waals surface area contributed by atoms with Crippen molar-refractivity contribution in [1.29, 1.82) is 0 Å². The minimum Gasteiger partial charge on any atom is -0.473 e. The van der Waals surface area contributed by atoms with Crippen LogP contribution in [0, 0.1) is 10.1 Å². The maximum absolute atomic E-state index is 11.4. The molecule has 1 heterocycles. The predicted octanol–water partition coefficient (Wildman–Crippen LogP) is 3.34. The monoisotopic (exact) mass is 296 g/mol. The highest BCUT2D eigenvalue weighted by atomic mass is 16.6. The van der Waals surface area contributed by atoms with Crippen LogP contribution in [0.15, 0.2) is 0 Å². The summed E-state index contributed by atoms with van der Waals surface area (Å²) in [6, 6.07) is 0. The minimum absolute atomic E-state index is 0.0482. The zero-order valence-corrected chi connectivity index (χ0v) is 13.4. The molecule has 1 aromatic heterocycles. The van der Waals surface area contributed by atoms with Gasteiger partial charge in [-0.25, -0.2) is 4.98 Å². The third-order valence-corrected chi connectivity index (χ3v) is 2.63. The summed E-state index contributed by atoms with van der Waals surface area (Å²) in [6.07, 6.45) is 2.36. The predicted molar refractivity (Wildman–Crippen MR) is 81.8 cm³/mol. The Morgan fingerprint density at radius 1 is 1.29 bits per heavy atom. The fraction of sp³-hybridized carbons (Fsp3) is 0.714. The first-order valence-corrected chi connectivity index (χ1v) is 7.24. The van der Waals surface area contributed by atoms with E-state index in [9.17, 15) is 10.1 Å². The average Bonchev–Trinajstić information content (AvgIpc) is 2.36. The Kier molecular flexibility index (Phi) is 5.87. The van der Waals surface area contributed by atoms with E-state index in [1.54, 1.807) is 0 Å². The van der Waals surface area contributed by atoms with Gasteiger partial charge in [0.05, 0.1) is 11.5 Å². The first kappa shape index (κ1) is 17.1. The van der Waals surface area contributed by atoms with Gasteiger partial charge in [-0.2, -0.15) is 4.98 Å². The molecule has 0 bridgehead atoms. The van der Waals surface area contributed by atoms with Gasteiger partial charge in [-0.3, -0.25) is 10.1 Å². The van der Waals surface area contributed by atoms with Gasteiger partial charge in [-0.15, -0.1) is 0 Å². The molecule has 0 unspecified atom stereocenters. The molecule has 7 nitrogen and oxygen atoms in total. The van der Waals surface area contributed by atoms with Crippen LogP contribution in [0.3, 0.4) is 0 Å². The molecule has 0 amide bonds. The van der Waals surface area contributed by atoms with Gasteiger partial charge in [-0.1, -0.05) is 20.3 Å². The number of nitrogens with zero attached hydrogens (tertiary/aromatic N) is 3. The van der Waals surface area contributed by atoms with Crippen LogP contribution in [0.5, 0.6) is 5.88 Å². The lowest BCUT2D eigenvalue weighted by Crippen LogP contribution is -2.27. The summed E-state index contributed by atoms with van der Waals surface area (Å²) in [5.41, 5.74) is -0.539. The van der Waals surface area contributed by atoms with E-state index in [2.05, 4.69) is 15.3 Å². The smallest absolute Gasteiger partial charge is 0.372 e. The van der Waals surface area contributed by atoms with Gasteiger partial charge in [-0.05, 0) is 27.2 Å². The number of ether oxygens (including phenoxy) is 1. The second-order valence-corrected chi connectivity index (χ2v) is 5.83. The molecule has 0 spiro atoms. The van der Waals surface area contributed by atoms with Gasteiger partial charge >= 0.3 is 5.69 Å². The number of unbranched alkanes of at least 4 members (excludes halogenated alkanes) is 1. The molecule has 0 saturated heterocycles. The largest absolute Gasteiger partial charge is 0.473 e. The van der Waals surface area contributed by atoms with Crippen molar-refractivity contribution in [2.45, 2.75) is 59.4 Å². The fourth-order valence-corrected chi connectivity index (χ4v) is 1.66. The zero-order valence-electron chi connectivity index (χ0n) is 13.4. The van der Waals surface area contributed by atoms with Crippen molar-refractivity contribution in [3.8, 4) is 5.88 Å². The highest BCUT2D eigenvalue weighted by molar-refractivity contribution is 5.62. The first-order valence-electron chi connectivity index (χ1n) is 7.24. The Morgan fingerprint density at radius 2 is 1.95 bits per heavy atom. The fourth-order valence-electron chi connectivity index (χ4n) is 1.66. The second kappa shape index (κ2) is 7.19. The molecule has 0 saturated carbocycles. The summed E-state index contributed by atoms with van der Waals surface area (Å²) in [7, 11) is 0. The number of rotatable bonds is 7. The zero-order chi connectivity index (χ0) is 16.0. The van der Waals surface area contributed by atoms with E-state index in [1.165, 1.54) is 0 Å². The SMILES string of the molecule is CCCCOc1nc(CC)nc(NC(C)(C)C)c1[N+](=O)[O-]. The number of aryl methyl sites for hydroxylation is 1. The lowest BCUT2D eigenvalue weighted by molar-refractivity contribution is -0.385. The topological polar surface area (TPSA) is 90.2 Å². The van der Waals surface area contributed by atoms with Crippen molar-refractivity contribution in [2.24, 2.45) is 0 Å². The molecule has 0 aliphatic carbocycles. The Hall–Kier alpha value is -1.92. The molecule has 0 aliphatic heterocycles. The molecular weight excluding hydrogens is 272 g/mol. The van der Waals surface area contributed by atoms with Crippen molar-refractivity contribution in [2.75, 3.05) is 11.9 Å². The number of nitro groups is 1. The quantitative estimate of drug-likeness (QED) is 0.471. The van der Waals surface area contributed by atoms with E-state index >= 15 is 0 Å². The molecule has 1 aromatic rings. The normalized spacial score (nSPS) is 11.3. The second-order valence-electron chi connectivity index (χ2n) is 5.83. The summed E-state index contributed by atoms with van der Waals surface area (Å²) in [6.45, 7) is 10.1. The molecule has 0 atom stereocenters. The van der Waals surface area contributed by atoms with E-state index in [1.807, 2.05) is 34.6 Å². The highest BCUT2D eigenvalue weighted by Gasteiger charge is 2.28. The average molecular weight is 296 g/mol. The summed E-state index contributed by atoms with van der Waals surface area (Å²) < 4.78 is 5.50. The molecule has 7 heteroatoms. The minimum atomic E-state index is -0.491. The third-order valence-electron chi connectivity index (χ3n) is 2.63. The maximum atomic E-state index is 11.4. The lowest BCUT2D eigenvalue weighted by atomic mass is 10.1. The highest BCUT2D eigenvalue weighted by Crippen LogP contribution is 2.33. The molecule has 0 fully saturated rings. The molecule has 1 N–H and O–H groups in total. The van der Waals surface area contributed by atoms with E-state index in [4.69, 9.17) is 4.74 Å². The van der Waals surface area contributed by atoms with Crippen molar-refractivity contribution in [1.82, 2.24) is 9.97 Å². The Bertz CT molecular complexity index is 498. The molecular formula is C14H24N4O3. The summed E-state index contributed by atoms with van der Waals surface area (Å²) in [5.74, 6) is 0.789. The first-order chi connectivity index (χ1) is 9.78. The Labute approximate surface area is 125 Å². The van der Waals surface area contributed by atoms with E-state index in [0.717, 1.165) is 12.8 Å². The van der Waals surface area contributed by atoms with E-state index < -0.39 is 4.92 Å². The number of nitrogens with one attached hydrogen (secondary N) is 1.